The Labute approximate surface area is 157 Å². The fourth-order valence-corrected chi connectivity index (χ4v) is 2.79. The molecule has 6 heteroatoms. The van der Waals surface area contributed by atoms with Crippen molar-refractivity contribution in [2.45, 2.75) is 20.0 Å². The van der Waals surface area contributed by atoms with Gasteiger partial charge in [0.25, 0.3) is 0 Å². The lowest BCUT2D eigenvalue weighted by molar-refractivity contribution is 0.117. The van der Waals surface area contributed by atoms with Crippen molar-refractivity contribution < 1.29 is 19.0 Å². The van der Waals surface area contributed by atoms with E-state index in [2.05, 4.69) is 5.32 Å². The number of hydrogen-bond donors (Lipinski definition) is 2. The lowest BCUT2D eigenvalue weighted by atomic mass is 10.1. The number of methoxy groups -OCH3 is 1. The molecule has 2 aromatic carbocycles. The van der Waals surface area contributed by atoms with Gasteiger partial charge >= 0.3 is 5.63 Å². The maximum atomic E-state index is 11.8. The Morgan fingerprint density at radius 3 is 2.70 bits per heavy atom. The highest BCUT2D eigenvalue weighted by Crippen LogP contribution is 2.24. The molecule has 1 heterocycles. The van der Waals surface area contributed by atoms with E-state index in [9.17, 15) is 9.90 Å². The number of anilines is 1. The van der Waals surface area contributed by atoms with Crippen LogP contribution in [0.1, 0.15) is 11.1 Å². The van der Waals surface area contributed by atoms with Gasteiger partial charge in [-0.2, -0.15) is 0 Å². The van der Waals surface area contributed by atoms with E-state index < -0.39 is 6.10 Å². The minimum atomic E-state index is -0.725. The number of nitrogens with one attached hydrogen (secondary N) is 1. The minimum absolute atomic E-state index is 0.0999. The van der Waals surface area contributed by atoms with Crippen LogP contribution < -0.4 is 20.4 Å². The Morgan fingerprint density at radius 2 is 1.93 bits per heavy atom. The van der Waals surface area contributed by atoms with Crippen LogP contribution in [-0.4, -0.2) is 31.5 Å². The molecule has 1 unspecified atom stereocenters. The van der Waals surface area contributed by atoms with Gasteiger partial charge in [-0.3, -0.25) is 0 Å². The second-order valence-electron chi connectivity index (χ2n) is 6.34. The Hall–Kier alpha value is -2.99. The van der Waals surface area contributed by atoms with Gasteiger partial charge in [-0.1, -0.05) is 12.1 Å². The predicted octanol–water partition coefficient (Wildman–Crippen LogP) is 3.27. The first kappa shape index (κ1) is 18.8. The molecule has 1 atom stereocenters. The number of aliphatic hydroxyl groups excluding tert-OH is 1. The molecule has 1 aromatic heterocycles. The number of aryl methyl sites for hydroxylation is 1. The first-order valence-corrected chi connectivity index (χ1v) is 8.71. The first-order valence-electron chi connectivity index (χ1n) is 8.71. The molecule has 2 N–H and O–H groups in total. The average molecular weight is 369 g/mol. The van der Waals surface area contributed by atoms with Gasteiger partial charge in [0.2, 0.25) is 0 Å². The Morgan fingerprint density at radius 1 is 1.15 bits per heavy atom. The first-order chi connectivity index (χ1) is 13.0. The van der Waals surface area contributed by atoms with Crippen LogP contribution in [0.15, 0.2) is 51.7 Å². The number of ether oxygens (including phenoxy) is 2. The Bertz CT molecular complexity index is 996. The van der Waals surface area contributed by atoms with Gasteiger partial charge in [-0.15, -0.1) is 0 Å². The summed E-state index contributed by atoms with van der Waals surface area (Å²) in [6.45, 7) is 4.04. The predicted molar refractivity (Wildman–Crippen MR) is 105 cm³/mol. The summed E-state index contributed by atoms with van der Waals surface area (Å²) < 4.78 is 16.2. The third-order valence-corrected chi connectivity index (χ3v) is 4.51. The van der Waals surface area contributed by atoms with Crippen molar-refractivity contribution in [2.75, 3.05) is 25.6 Å². The third kappa shape index (κ3) is 4.23. The maximum absolute atomic E-state index is 11.8. The van der Waals surface area contributed by atoms with Gasteiger partial charge in [-0.05, 0) is 43.7 Å². The molecule has 0 fully saturated rings. The molecule has 0 spiro atoms. The van der Waals surface area contributed by atoms with E-state index in [1.807, 2.05) is 37.3 Å². The van der Waals surface area contributed by atoms with Gasteiger partial charge < -0.3 is 24.3 Å². The summed E-state index contributed by atoms with van der Waals surface area (Å²) in [6.07, 6.45) is -0.725. The quantitative estimate of drug-likeness (QED) is 0.622. The fourth-order valence-electron chi connectivity index (χ4n) is 2.79. The lowest BCUT2D eigenvalue weighted by Crippen LogP contribution is -2.26. The molecule has 142 valence electrons. The van der Waals surface area contributed by atoms with Crippen LogP contribution in [0.3, 0.4) is 0 Å². The van der Waals surface area contributed by atoms with Crippen molar-refractivity contribution in [3.05, 3.63) is 64.0 Å². The summed E-state index contributed by atoms with van der Waals surface area (Å²) in [6, 6.07) is 12.8. The standard InChI is InChI=1S/C21H23NO5/c1-13-14(2)21(24)27-20-10-16(8-9-17(13)20)26-12-15(23)11-22-18-6-4-5-7-19(18)25-3/h4-10,15,22-23H,11-12H2,1-3H3. The molecule has 0 saturated heterocycles. The molecule has 0 aliphatic carbocycles. The van der Waals surface area contributed by atoms with Crippen LogP contribution >= 0.6 is 0 Å². The third-order valence-electron chi connectivity index (χ3n) is 4.51. The molecule has 6 nitrogen and oxygen atoms in total. The largest absolute Gasteiger partial charge is 0.495 e. The van der Waals surface area contributed by atoms with E-state index in [4.69, 9.17) is 13.9 Å². The summed E-state index contributed by atoms with van der Waals surface area (Å²) in [7, 11) is 1.60. The van der Waals surface area contributed by atoms with Crippen molar-refractivity contribution in [3.63, 3.8) is 0 Å². The van der Waals surface area contributed by atoms with E-state index in [0.29, 0.717) is 29.2 Å². The molecule has 0 radical (unpaired) electrons. The van der Waals surface area contributed by atoms with E-state index in [1.54, 1.807) is 26.2 Å². The number of rotatable bonds is 7. The van der Waals surface area contributed by atoms with E-state index in [0.717, 1.165) is 16.6 Å². The van der Waals surface area contributed by atoms with E-state index in [1.165, 1.54) is 0 Å². The maximum Gasteiger partial charge on any atom is 0.339 e. The summed E-state index contributed by atoms with van der Waals surface area (Å²) in [5, 5.41) is 14.2. The fraction of sp³-hybridized carbons (Fsp3) is 0.286. The molecule has 3 aromatic rings. The van der Waals surface area contributed by atoms with Gasteiger partial charge in [0.1, 0.15) is 29.8 Å². The van der Waals surface area contributed by atoms with E-state index >= 15 is 0 Å². The summed E-state index contributed by atoms with van der Waals surface area (Å²) >= 11 is 0. The zero-order valence-corrected chi connectivity index (χ0v) is 15.6. The van der Waals surface area contributed by atoms with Gasteiger partial charge in [0, 0.05) is 23.6 Å². The number of fused-ring (bicyclic) bond motifs is 1. The van der Waals surface area contributed by atoms with Gasteiger partial charge in [-0.25, -0.2) is 4.79 Å². The molecule has 0 bridgehead atoms. The Balaban J connectivity index is 1.62. The van der Waals surface area contributed by atoms with Crippen LogP contribution in [0, 0.1) is 13.8 Å². The normalized spacial score (nSPS) is 12.0. The number of aliphatic hydroxyl groups is 1. The number of hydrogen-bond acceptors (Lipinski definition) is 6. The highest BCUT2D eigenvalue weighted by atomic mass is 16.5. The monoisotopic (exact) mass is 369 g/mol. The van der Waals surface area contributed by atoms with Crippen molar-refractivity contribution >= 4 is 16.7 Å². The number of benzene rings is 2. The highest BCUT2D eigenvalue weighted by molar-refractivity contribution is 5.82. The smallest absolute Gasteiger partial charge is 0.339 e. The molecular formula is C21H23NO5. The second kappa shape index (κ2) is 8.14. The number of para-hydroxylation sites is 2. The molecular weight excluding hydrogens is 346 g/mol. The van der Waals surface area contributed by atoms with E-state index in [-0.39, 0.29) is 12.2 Å². The van der Waals surface area contributed by atoms with Crippen molar-refractivity contribution in [3.8, 4) is 11.5 Å². The van der Waals surface area contributed by atoms with Crippen LogP contribution in [0.25, 0.3) is 11.0 Å². The zero-order chi connectivity index (χ0) is 19.4. The molecule has 0 amide bonds. The van der Waals surface area contributed by atoms with Crippen molar-refractivity contribution in [1.82, 2.24) is 0 Å². The summed E-state index contributed by atoms with van der Waals surface area (Å²) in [4.78, 5) is 11.8. The topological polar surface area (TPSA) is 80.9 Å². The van der Waals surface area contributed by atoms with Gasteiger partial charge in [0.05, 0.1) is 12.8 Å². The van der Waals surface area contributed by atoms with Crippen molar-refractivity contribution in [2.24, 2.45) is 0 Å². The Kier molecular flexibility index (Phi) is 5.66. The minimum Gasteiger partial charge on any atom is -0.495 e. The molecule has 0 saturated carbocycles. The molecule has 27 heavy (non-hydrogen) atoms. The second-order valence-corrected chi connectivity index (χ2v) is 6.34. The van der Waals surface area contributed by atoms with Crippen LogP contribution in [0.2, 0.25) is 0 Å². The van der Waals surface area contributed by atoms with Crippen molar-refractivity contribution in [1.29, 1.82) is 0 Å². The van der Waals surface area contributed by atoms with Crippen LogP contribution in [0.4, 0.5) is 5.69 Å². The molecule has 0 aliphatic heterocycles. The average Bonchev–Trinajstić information content (AvgIpc) is 2.69. The zero-order valence-electron chi connectivity index (χ0n) is 15.6. The summed E-state index contributed by atoms with van der Waals surface area (Å²) in [5.74, 6) is 1.24. The molecule has 0 aliphatic rings. The van der Waals surface area contributed by atoms with Crippen LogP contribution in [0.5, 0.6) is 11.5 Å². The van der Waals surface area contributed by atoms with Gasteiger partial charge in [0.15, 0.2) is 0 Å². The SMILES string of the molecule is COc1ccccc1NCC(O)COc1ccc2c(C)c(C)c(=O)oc2c1. The molecule has 3 rings (SSSR count). The lowest BCUT2D eigenvalue weighted by Gasteiger charge is -2.16. The summed E-state index contributed by atoms with van der Waals surface area (Å²) in [5.41, 5.74) is 2.43. The van der Waals surface area contributed by atoms with Crippen LogP contribution in [-0.2, 0) is 0 Å². The highest BCUT2D eigenvalue weighted by Gasteiger charge is 2.11.